The Labute approximate surface area is 108 Å². The summed E-state index contributed by atoms with van der Waals surface area (Å²) < 4.78 is 11.4. The lowest BCUT2D eigenvalue weighted by atomic mass is 10.1. The molecule has 2 rings (SSSR count). The monoisotopic (exact) mass is 245 g/mol. The van der Waals surface area contributed by atoms with Crippen molar-refractivity contribution in [2.24, 2.45) is 5.73 Å². The first-order chi connectivity index (χ1) is 8.74. The quantitative estimate of drug-likeness (QED) is 0.880. The number of aryl methyl sites for hydroxylation is 2. The van der Waals surface area contributed by atoms with E-state index in [1.165, 1.54) is 5.56 Å². The number of hydrogen-bond acceptors (Lipinski definition) is 3. The largest absolute Gasteiger partial charge is 0.488 e. The van der Waals surface area contributed by atoms with E-state index < -0.39 is 0 Å². The fourth-order valence-corrected chi connectivity index (χ4v) is 1.92. The minimum absolute atomic E-state index is 0.423. The van der Waals surface area contributed by atoms with Crippen LogP contribution in [0.4, 0.5) is 0 Å². The highest BCUT2D eigenvalue weighted by molar-refractivity contribution is 5.33. The molecule has 0 radical (unpaired) electrons. The van der Waals surface area contributed by atoms with Gasteiger partial charge in [0.15, 0.2) is 0 Å². The maximum Gasteiger partial charge on any atom is 0.122 e. The fraction of sp³-hybridized carbons (Fsp3) is 0.333. The molecule has 1 aromatic heterocycles. The van der Waals surface area contributed by atoms with Crippen LogP contribution >= 0.6 is 0 Å². The molecule has 0 saturated carbocycles. The molecule has 0 fully saturated rings. The Bertz CT molecular complexity index is 517. The first kappa shape index (κ1) is 12.7. The van der Waals surface area contributed by atoms with Crippen LogP contribution in [0.1, 0.15) is 29.6 Å². The van der Waals surface area contributed by atoms with Gasteiger partial charge in [0, 0.05) is 5.56 Å². The lowest BCUT2D eigenvalue weighted by Crippen LogP contribution is -1.98. The van der Waals surface area contributed by atoms with Crippen molar-refractivity contribution in [3.8, 4) is 5.75 Å². The Hall–Kier alpha value is -1.74. The van der Waals surface area contributed by atoms with Gasteiger partial charge in [0.1, 0.15) is 23.9 Å². The van der Waals surface area contributed by atoms with Gasteiger partial charge in [0.25, 0.3) is 0 Å². The van der Waals surface area contributed by atoms with Crippen molar-refractivity contribution in [2.45, 2.75) is 33.4 Å². The second-order valence-electron chi connectivity index (χ2n) is 4.25. The molecule has 2 N–H and O–H groups in total. The second kappa shape index (κ2) is 5.74. The Morgan fingerprint density at radius 3 is 2.67 bits per heavy atom. The molecule has 0 amide bonds. The molecule has 0 saturated heterocycles. The number of ether oxygens (including phenoxy) is 1. The van der Waals surface area contributed by atoms with Gasteiger partial charge in [-0.05, 0) is 31.0 Å². The third-order valence-electron chi connectivity index (χ3n) is 3.01. The summed E-state index contributed by atoms with van der Waals surface area (Å²) in [6, 6.07) is 10.1. The van der Waals surface area contributed by atoms with Crippen LogP contribution in [-0.4, -0.2) is 0 Å². The topological polar surface area (TPSA) is 48.4 Å². The number of para-hydroxylation sites is 1. The Morgan fingerprint density at radius 2 is 2.00 bits per heavy atom. The summed E-state index contributed by atoms with van der Waals surface area (Å²) in [5, 5.41) is 0. The first-order valence-electron chi connectivity index (χ1n) is 6.23. The van der Waals surface area contributed by atoms with E-state index in [0.717, 1.165) is 29.3 Å². The molecule has 0 aliphatic carbocycles. The molecule has 3 heteroatoms. The lowest BCUT2D eigenvalue weighted by molar-refractivity contribution is 0.300. The zero-order valence-corrected chi connectivity index (χ0v) is 10.9. The molecule has 0 unspecified atom stereocenters. The van der Waals surface area contributed by atoms with Crippen molar-refractivity contribution in [3.05, 3.63) is 53.0 Å². The van der Waals surface area contributed by atoms with Crippen LogP contribution < -0.4 is 10.5 Å². The van der Waals surface area contributed by atoms with E-state index in [4.69, 9.17) is 14.9 Å². The molecule has 0 aliphatic heterocycles. The summed E-state index contributed by atoms with van der Waals surface area (Å²) in [4.78, 5) is 0. The molecule has 1 aromatic carbocycles. The number of nitrogens with two attached hydrogens (primary N) is 1. The van der Waals surface area contributed by atoms with E-state index in [-0.39, 0.29) is 0 Å². The smallest absolute Gasteiger partial charge is 0.122 e. The average molecular weight is 245 g/mol. The van der Waals surface area contributed by atoms with Crippen LogP contribution in [0.25, 0.3) is 0 Å². The summed E-state index contributed by atoms with van der Waals surface area (Å²) in [5.41, 5.74) is 7.83. The standard InChI is InChI=1S/C15H19NO2/c1-3-12-6-4-5-7-15(12)17-10-13-8-14(9-16)18-11(13)2/h4-8H,3,9-10,16H2,1-2H3. The number of hydrogen-bond donors (Lipinski definition) is 1. The number of benzene rings is 1. The zero-order chi connectivity index (χ0) is 13.0. The van der Waals surface area contributed by atoms with E-state index in [0.29, 0.717) is 13.2 Å². The molecular weight excluding hydrogens is 226 g/mol. The molecular formula is C15H19NO2. The predicted molar refractivity (Wildman–Crippen MR) is 71.5 cm³/mol. The summed E-state index contributed by atoms with van der Waals surface area (Å²) in [7, 11) is 0. The molecule has 18 heavy (non-hydrogen) atoms. The van der Waals surface area contributed by atoms with Gasteiger partial charge < -0.3 is 14.9 Å². The number of rotatable bonds is 5. The van der Waals surface area contributed by atoms with Crippen LogP contribution in [0.15, 0.2) is 34.7 Å². The van der Waals surface area contributed by atoms with Crippen LogP contribution in [-0.2, 0) is 19.6 Å². The highest BCUT2D eigenvalue weighted by atomic mass is 16.5. The molecule has 0 spiro atoms. The van der Waals surface area contributed by atoms with Crippen LogP contribution in [0.3, 0.4) is 0 Å². The second-order valence-corrected chi connectivity index (χ2v) is 4.25. The van der Waals surface area contributed by atoms with E-state index >= 15 is 0 Å². The van der Waals surface area contributed by atoms with Crippen molar-refractivity contribution < 1.29 is 9.15 Å². The van der Waals surface area contributed by atoms with Gasteiger partial charge in [-0.2, -0.15) is 0 Å². The summed E-state index contributed by atoms with van der Waals surface area (Å²) in [6.07, 6.45) is 0.967. The molecule has 0 atom stereocenters. The molecule has 0 bridgehead atoms. The first-order valence-corrected chi connectivity index (χ1v) is 6.23. The maximum absolute atomic E-state index is 5.85. The summed E-state index contributed by atoms with van der Waals surface area (Å²) in [5.74, 6) is 2.62. The zero-order valence-electron chi connectivity index (χ0n) is 10.9. The molecule has 1 heterocycles. The van der Waals surface area contributed by atoms with Crippen LogP contribution in [0.2, 0.25) is 0 Å². The number of furan rings is 1. The van der Waals surface area contributed by atoms with Crippen molar-refractivity contribution >= 4 is 0 Å². The van der Waals surface area contributed by atoms with Crippen LogP contribution in [0.5, 0.6) is 5.75 Å². The average Bonchev–Trinajstić information content (AvgIpc) is 2.77. The van der Waals surface area contributed by atoms with Crippen molar-refractivity contribution in [3.63, 3.8) is 0 Å². The van der Waals surface area contributed by atoms with Crippen molar-refractivity contribution in [1.29, 1.82) is 0 Å². The SMILES string of the molecule is CCc1ccccc1OCc1cc(CN)oc1C. The fourth-order valence-electron chi connectivity index (χ4n) is 1.92. The summed E-state index contributed by atoms with van der Waals surface area (Å²) in [6.45, 7) is 5.00. The Morgan fingerprint density at radius 1 is 1.22 bits per heavy atom. The van der Waals surface area contributed by atoms with Crippen molar-refractivity contribution in [2.75, 3.05) is 0 Å². The molecule has 0 aliphatic rings. The Kier molecular flexibility index (Phi) is 4.05. The van der Waals surface area contributed by atoms with Crippen LogP contribution in [0, 0.1) is 6.92 Å². The van der Waals surface area contributed by atoms with E-state index in [1.54, 1.807) is 0 Å². The molecule has 3 nitrogen and oxygen atoms in total. The van der Waals surface area contributed by atoms with Gasteiger partial charge in [-0.3, -0.25) is 0 Å². The third kappa shape index (κ3) is 2.74. The maximum atomic E-state index is 5.85. The normalized spacial score (nSPS) is 10.6. The van der Waals surface area contributed by atoms with Gasteiger partial charge in [0.2, 0.25) is 0 Å². The summed E-state index contributed by atoms with van der Waals surface area (Å²) >= 11 is 0. The van der Waals surface area contributed by atoms with Crippen molar-refractivity contribution in [1.82, 2.24) is 0 Å². The Balaban J connectivity index is 2.08. The van der Waals surface area contributed by atoms with E-state index in [2.05, 4.69) is 13.0 Å². The lowest BCUT2D eigenvalue weighted by Gasteiger charge is -2.09. The molecule has 96 valence electrons. The predicted octanol–water partition coefficient (Wildman–Crippen LogP) is 3.19. The highest BCUT2D eigenvalue weighted by Gasteiger charge is 2.08. The minimum Gasteiger partial charge on any atom is -0.488 e. The van der Waals surface area contributed by atoms with E-state index in [1.807, 2.05) is 31.2 Å². The van der Waals surface area contributed by atoms with Gasteiger partial charge >= 0.3 is 0 Å². The highest BCUT2D eigenvalue weighted by Crippen LogP contribution is 2.21. The van der Waals surface area contributed by atoms with E-state index in [9.17, 15) is 0 Å². The van der Waals surface area contributed by atoms with Gasteiger partial charge in [0.05, 0.1) is 6.54 Å². The van der Waals surface area contributed by atoms with Gasteiger partial charge in [-0.15, -0.1) is 0 Å². The van der Waals surface area contributed by atoms with Gasteiger partial charge in [-0.1, -0.05) is 25.1 Å². The van der Waals surface area contributed by atoms with Gasteiger partial charge in [-0.25, -0.2) is 0 Å². The molecule has 2 aromatic rings. The minimum atomic E-state index is 0.423. The third-order valence-corrected chi connectivity index (χ3v) is 3.01.